The Morgan fingerprint density at radius 3 is 3.10 bits per heavy atom. The molecule has 3 N–H and O–H groups in total. The van der Waals surface area contributed by atoms with Crippen LogP contribution in [0.2, 0.25) is 0 Å². The number of benzene rings is 1. The fourth-order valence-electron chi connectivity index (χ4n) is 1.93. The summed E-state index contributed by atoms with van der Waals surface area (Å²) in [5.74, 6) is 0.0684. The number of hydrogen-bond acceptors (Lipinski definition) is 5. The van der Waals surface area contributed by atoms with Gasteiger partial charge in [-0.15, -0.1) is 11.3 Å². The molecular weight excluding hydrogens is 274 g/mol. The maximum absolute atomic E-state index is 12.0. The summed E-state index contributed by atoms with van der Waals surface area (Å²) in [7, 11) is 0. The molecule has 3 rings (SSSR count). The Bertz CT molecular complexity index is 734. The number of rotatable bonds is 4. The third-order valence-electron chi connectivity index (χ3n) is 2.91. The fourth-order valence-corrected chi connectivity index (χ4v) is 2.52. The van der Waals surface area contributed by atoms with E-state index in [-0.39, 0.29) is 5.91 Å². The Kier molecular flexibility index (Phi) is 3.39. The van der Waals surface area contributed by atoms with Crippen LogP contribution >= 0.6 is 11.3 Å². The molecule has 3 aromatic rings. The molecule has 1 aromatic carbocycles. The second-order valence-corrected chi connectivity index (χ2v) is 5.11. The Labute approximate surface area is 119 Å². The summed E-state index contributed by atoms with van der Waals surface area (Å²) in [6.45, 7) is 0.530. The summed E-state index contributed by atoms with van der Waals surface area (Å²) >= 11 is 1.54. The molecule has 0 aliphatic heterocycles. The van der Waals surface area contributed by atoms with Crippen LogP contribution in [0.4, 0.5) is 5.69 Å². The number of nitrogen functional groups attached to an aromatic ring is 1. The minimum atomic E-state index is -0.227. The molecule has 102 valence electrons. The zero-order chi connectivity index (χ0) is 13.9. The van der Waals surface area contributed by atoms with Crippen molar-refractivity contribution in [3.63, 3.8) is 0 Å². The number of aromatic nitrogens is 1. The van der Waals surface area contributed by atoms with Crippen LogP contribution in [0.15, 0.2) is 39.6 Å². The van der Waals surface area contributed by atoms with Crippen LogP contribution in [0.3, 0.4) is 0 Å². The molecule has 0 saturated heterocycles. The number of nitrogens with zero attached hydrogens (tertiary/aromatic N) is 1. The first-order valence-corrected chi connectivity index (χ1v) is 7.11. The lowest BCUT2D eigenvalue weighted by atomic mass is 10.2. The predicted molar refractivity (Wildman–Crippen MR) is 78.8 cm³/mol. The van der Waals surface area contributed by atoms with Crippen LogP contribution in [0.1, 0.15) is 16.2 Å². The first kappa shape index (κ1) is 12.7. The van der Waals surface area contributed by atoms with E-state index in [0.29, 0.717) is 30.0 Å². The molecule has 2 heterocycles. The van der Waals surface area contributed by atoms with Crippen molar-refractivity contribution >= 4 is 33.9 Å². The zero-order valence-corrected chi connectivity index (χ0v) is 11.4. The summed E-state index contributed by atoms with van der Waals surface area (Å²) in [6.07, 6.45) is 0.711. The number of carbonyl (C=O) groups is 1. The standard InChI is InChI=1S/C14H13N3O2S/c15-10-1-2-12-9(5-10)6-13(19-12)14(18)16-4-3-11-7-20-8-17-11/h1-2,5-8H,3-4,15H2,(H,16,18). The van der Waals surface area contributed by atoms with E-state index in [1.54, 1.807) is 41.1 Å². The minimum absolute atomic E-state index is 0.227. The van der Waals surface area contributed by atoms with E-state index >= 15 is 0 Å². The molecule has 20 heavy (non-hydrogen) atoms. The Morgan fingerprint density at radius 1 is 1.40 bits per heavy atom. The van der Waals surface area contributed by atoms with Crippen molar-refractivity contribution in [2.45, 2.75) is 6.42 Å². The molecule has 0 saturated carbocycles. The largest absolute Gasteiger partial charge is 0.451 e. The molecule has 0 aliphatic rings. The highest BCUT2D eigenvalue weighted by molar-refractivity contribution is 7.07. The number of nitrogens with two attached hydrogens (primary N) is 1. The molecular formula is C14H13N3O2S. The van der Waals surface area contributed by atoms with E-state index in [2.05, 4.69) is 10.3 Å². The topological polar surface area (TPSA) is 81.1 Å². The minimum Gasteiger partial charge on any atom is -0.451 e. The molecule has 0 fully saturated rings. The lowest BCUT2D eigenvalue weighted by Gasteiger charge is -2.00. The van der Waals surface area contributed by atoms with Crippen LogP contribution in [-0.2, 0) is 6.42 Å². The lowest BCUT2D eigenvalue weighted by Crippen LogP contribution is -2.25. The highest BCUT2D eigenvalue weighted by Crippen LogP contribution is 2.21. The summed E-state index contributed by atoms with van der Waals surface area (Å²) in [6, 6.07) is 6.99. The first-order chi connectivity index (χ1) is 9.72. The van der Waals surface area contributed by atoms with E-state index in [0.717, 1.165) is 11.1 Å². The van der Waals surface area contributed by atoms with Crippen LogP contribution < -0.4 is 11.1 Å². The number of fused-ring (bicyclic) bond motifs is 1. The first-order valence-electron chi connectivity index (χ1n) is 6.17. The molecule has 0 bridgehead atoms. The van der Waals surface area contributed by atoms with Gasteiger partial charge in [-0.3, -0.25) is 4.79 Å². The SMILES string of the molecule is Nc1ccc2oc(C(=O)NCCc3cscn3)cc2c1. The number of thiazole rings is 1. The number of hydrogen-bond donors (Lipinski definition) is 2. The number of furan rings is 1. The monoisotopic (exact) mass is 287 g/mol. The van der Waals surface area contributed by atoms with E-state index < -0.39 is 0 Å². The number of carbonyl (C=O) groups excluding carboxylic acids is 1. The molecule has 6 heteroatoms. The molecule has 0 atom stereocenters. The van der Waals surface area contributed by atoms with Gasteiger partial charge in [-0.05, 0) is 24.3 Å². The maximum atomic E-state index is 12.0. The molecule has 1 amide bonds. The zero-order valence-electron chi connectivity index (χ0n) is 10.6. The quantitative estimate of drug-likeness (QED) is 0.722. The van der Waals surface area contributed by atoms with Gasteiger partial charge < -0.3 is 15.5 Å². The Hall–Kier alpha value is -2.34. The van der Waals surface area contributed by atoms with Crippen LogP contribution in [0, 0.1) is 0 Å². The predicted octanol–water partition coefficient (Wildman–Crippen LogP) is 2.44. The van der Waals surface area contributed by atoms with Crippen LogP contribution in [0.5, 0.6) is 0 Å². The average Bonchev–Trinajstić information content (AvgIpc) is 3.06. The summed E-state index contributed by atoms with van der Waals surface area (Å²) in [5.41, 5.74) is 9.76. The van der Waals surface area contributed by atoms with Gasteiger partial charge in [-0.1, -0.05) is 0 Å². The average molecular weight is 287 g/mol. The van der Waals surface area contributed by atoms with Gasteiger partial charge in [0.15, 0.2) is 5.76 Å². The molecule has 0 unspecified atom stereocenters. The van der Waals surface area contributed by atoms with E-state index in [9.17, 15) is 4.79 Å². The second-order valence-electron chi connectivity index (χ2n) is 4.39. The maximum Gasteiger partial charge on any atom is 0.287 e. The molecule has 2 aromatic heterocycles. The van der Waals surface area contributed by atoms with Gasteiger partial charge in [0.05, 0.1) is 11.2 Å². The lowest BCUT2D eigenvalue weighted by molar-refractivity contribution is 0.0928. The van der Waals surface area contributed by atoms with Crippen molar-refractivity contribution in [2.75, 3.05) is 12.3 Å². The highest BCUT2D eigenvalue weighted by Gasteiger charge is 2.11. The van der Waals surface area contributed by atoms with Crippen molar-refractivity contribution in [3.8, 4) is 0 Å². The second kappa shape index (κ2) is 5.34. The van der Waals surface area contributed by atoms with Crippen molar-refractivity contribution in [3.05, 3.63) is 46.6 Å². The van der Waals surface area contributed by atoms with Crippen LogP contribution in [0.25, 0.3) is 11.0 Å². The van der Waals surface area contributed by atoms with Crippen molar-refractivity contribution in [1.82, 2.24) is 10.3 Å². The van der Waals surface area contributed by atoms with Crippen LogP contribution in [-0.4, -0.2) is 17.4 Å². The van der Waals surface area contributed by atoms with Gasteiger partial charge in [0.1, 0.15) is 5.58 Å². The van der Waals surface area contributed by atoms with Crippen molar-refractivity contribution in [2.24, 2.45) is 0 Å². The normalized spacial score (nSPS) is 10.8. The van der Waals surface area contributed by atoms with Gasteiger partial charge >= 0.3 is 0 Å². The van der Waals surface area contributed by atoms with E-state index in [4.69, 9.17) is 10.2 Å². The Balaban J connectivity index is 1.66. The van der Waals surface area contributed by atoms with Crippen molar-refractivity contribution < 1.29 is 9.21 Å². The van der Waals surface area contributed by atoms with E-state index in [1.165, 1.54) is 0 Å². The third kappa shape index (κ3) is 2.65. The van der Waals surface area contributed by atoms with E-state index in [1.807, 2.05) is 5.38 Å². The molecule has 0 radical (unpaired) electrons. The summed E-state index contributed by atoms with van der Waals surface area (Å²) in [5, 5.41) is 5.61. The fraction of sp³-hybridized carbons (Fsp3) is 0.143. The molecule has 0 aliphatic carbocycles. The number of anilines is 1. The van der Waals surface area contributed by atoms with Crippen molar-refractivity contribution in [1.29, 1.82) is 0 Å². The Morgan fingerprint density at radius 2 is 2.30 bits per heavy atom. The summed E-state index contributed by atoms with van der Waals surface area (Å²) < 4.78 is 5.49. The molecule has 5 nitrogen and oxygen atoms in total. The van der Waals surface area contributed by atoms with Gasteiger partial charge in [-0.2, -0.15) is 0 Å². The van der Waals surface area contributed by atoms with Gasteiger partial charge in [-0.25, -0.2) is 4.98 Å². The van der Waals surface area contributed by atoms with Gasteiger partial charge in [0, 0.05) is 29.4 Å². The number of nitrogens with one attached hydrogen (secondary N) is 1. The third-order valence-corrected chi connectivity index (χ3v) is 3.55. The highest BCUT2D eigenvalue weighted by atomic mass is 32.1. The smallest absolute Gasteiger partial charge is 0.287 e. The van der Waals surface area contributed by atoms with Gasteiger partial charge in [0.25, 0.3) is 5.91 Å². The summed E-state index contributed by atoms with van der Waals surface area (Å²) in [4.78, 5) is 16.1. The van der Waals surface area contributed by atoms with Gasteiger partial charge in [0.2, 0.25) is 0 Å². The molecule has 0 spiro atoms. The number of amides is 1.